The van der Waals surface area contributed by atoms with Crippen LogP contribution >= 0.6 is 0 Å². The molecule has 0 bridgehead atoms. The van der Waals surface area contributed by atoms with E-state index in [1.54, 1.807) is 18.0 Å². The van der Waals surface area contributed by atoms with Crippen LogP contribution in [-0.4, -0.2) is 47.3 Å². The fourth-order valence-corrected chi connectivity index (χ4v) is 3.33. The third kappa shape index (κ3) is 4.20. The van der Waals surface area contributed by atoms with E-state index < -0.39 is 0 Å². The van der Waals surface area contributed by atoms with E-state index in [9.17, 15) is 4.79 Å². The van der Waals surface area contributed by atoms with E-state index in [2.05, 4.69) is 27.4 Å². The summed E-state index contributed by atoms with van der Waals surface area (Å²) >= 11 is 0. The van der Waals surface area contributed by atoms with E-state index in [0.29, 0.717) is 6.54 Å². The number of methoxy groups -OCH3 is 1. The third-order valence-electron chi connectivity index (χ3n) is 4.83. The van der Waals surface area contributed by atoms with Crippen molar-refractivity contribution < 1.29 is 9.53 Å². The summed E-state index contributed by atoms with van der Waals surface area (Å²) in [6.45, 7) is 4.56. The van der Waals surface area contributed by atoms with Crippen LogP contribution in [0.2, 0.25) is 0 Å². The van der Waals surface area contributed by atoms with Crippen molar-refractivity contribution in [1.29, 1.82) is 0 Å². The van der Waals surface area contributed by atoms with Gasteiger partial charge in [-0.1, -0.05) is 12.1 Å². The number of ether oxygens (including phenoxy) is 1. The van der Waals surface area contributed by atoms with Crippen LogP contribution in [0.15, 0.2) is 42.7 Å². The molecule has 25 heavy (non-hydrogen) atoms. The van der Waals surface area contributed by atoms with E-state index >= 15 is 0 Å². The van der Waals surface area contributed by atoms with E-state index in [1.807, 2.05) is 31.3 Å². The lowest BCUT2D eigenvalue weighted by molar-refractivity contribution is -0.124. The number of nitrogens with one attached hydrogen (secondary N) is 1. The first-order valence-electron chi connectivity index (χ1n) is 8.84. The van der Waals surface area contributed by atoms with Gasteiger partial charge in [-0.05, 0) is 56.6 Å². The quantitative estimate of drug-likeness (QED) is 0.839. The van der Waals surface area contributed by atoms with Crippen molar-refractivity contribution in [2.45, 2.75) is 31.8 Å². The Kier molecular flexibility index (Phi) is 5.71. The number of carbonyl (C=O) groups is 1. The summed E-state index contributed by atoms with van der Waals surface area (Å²) in [7, 11) is 1.68. The number of hydrogen-bond donors (Lipinski definition) is 1. The number of amides is 1. The number of aromatic nitrogens is 2. The maximum Gasteiger partial charge on any atom is 0.244 e. The Hall–Kier alpha value is -2.34. The van der Waals surface area contributed by atoms with Crippen LogP contribution in [0.25, 0.3) is 0 Å². The molecular weight excluding hydrogens is 316 g/mol. The summed E-state index contributed by atoms with van der Waals surface area (Å²) in [5.74, 6) is 0.828. The van der Waals surface area contributed by atoms with Crippen LogP contribution in [0.5, 0.6) is 5.75 Å². The summed E-state index contributed by atoms with van der Waals surface area (Å²) in [5, 5.41) is 7.25. The molecule has 1 N–H and O–H groups in total. The standard InChI is InChI=1S/C19H26N4O2/c1-15(23-12-6-9-21-23)19(24)20-14-18(22-10-3-4-11-22)16-7-5-8-17(13-16)25-2/h5-9,12-13,15,18H,3-4,10-11,14H2,1-2H3,(H,20,24)/t15-,18+/m1/s1. The molecule has 134 valence electrons. The lowest BCUT2D eigenvalue weighted by Crippen LogP contribution is -2.39. The predicted molar refractivity (Wildman–Crippen MR) is 96.5 cm³/mol. The van der Waals surface area contributed by atoms with E-state index in [4.69, 9.17) is 4.74 Å². The minimum absolute atomic E-state index is 0.0178. The highest BCUT2D eigenvalue weighted by atomic mass is 16.5. The van der Waals surface area contributed by atoms with Gasteiger partial charge in [0.05, 0.1) is 13.2 Å². The van der Waals surface area contributed by atoms with Crippen LogP contribution in [-0.2, 0) is 4.79 Å². The summed E-state index contributed by atoms with van der Waals surface area (Å²) < 4.78 is 7.04. The van der Waals surface area contributed by atoms with Gasteiger partial charge in [-0.2, -0.15) is 5.10 Å². The largest absolute Gasteiger partial charge is 0.497 e. The molecule has 2 atom stereocenters. The summed E-state index contributed by atoms with van der Waals surface area (Å²) in [5.41, 5.74) is 1.17. The van der Waals surface area contributed by atoms with Crippen LogP contribution in [0, 0.1) is 0 Å². The SMILES string of the molecule is COc1cccc([C@H](CNC(=O)[C@@H](C)n2cccn2)N2CCCC2)c1. The second-order valence-corrected chi connectivity index (χ2v) is 6.44. The van der Waals surface area contributed by atoms with Gasteiger partial charge < -0.3 is 10.1 Å². The van der Waals surface area contributed by atoms with Gasteiger partial charge >= 0.3 is 0 Å². The molecule has 1 aromatic carbocycles. The minimum atomic E-state index is -0.320. The zero-order chi connectivity index (χ0) is 17.6. The molecule has 0 radical (unpaired) electrons. The van der Waals surface area contributed by atoms with Crippen molar-refractivity contribution in [2.75, 3.05) is 26.7 Å². The average molecular weight is 342 g/mol. The zero-order valence-electron chi connectivity index (χ0n) is 14.9. The first-order valence-corrected chi connectivity index (χ1v) is 8.84. The number of nitrogens with zero attached hydrogens (tertiary/aromatic N) is 3. The highest BCUT2D eigenvalue weighted by Gasteiger charge is 2.25. The van der Waals surface area contributed by atoms with Gasteiger partial charge in [0, 0.05) is 18.9 Å². The normalized spacial score (nSPS) is 17.2. The molecule has 1 amide bonds. The lowest BCUT2D eigenvalue weighted by atomic mass is 10.0. The molecule has 0 aliphatic carbocycles. The molecule has 0 spiro atoms. The average Bonchev–Trinajstić information content (AvgIpc) is 3.35. The Morgan fingerprint density at radius 2 is 2.12 bits per heavy atom. The summed E-state index contributed by atoms with van der Waals surface area (Å²) in [6, 6.07) is 9.79. The lowest BCUT2D eigenvalue weighted by Gasteiger charge is -2.29. The molecule has 1 aliphatic heterocycles. The van der Waals surface area contributed by atoms with Gasteiger partial charge in [0.2, 0.25) is 5.91 Å². The molecule has 1 saturated heterocycles. The molecule has 0 unspecified atom stereocenters. The van der Waals surface area contributed by atoms with E-state index in [1.165, 1.54) is 18.4 Å². The summed E-state index contributed by atoms with van der Waals surface area (Å²) in [4.78, 5) is 14.9. The summed E-state index contributed by atoms with van der Waals surface area (Å²) in [6.07, 6.45) is 5.91. The molecule has 1 fully saturated rings. The fraction of sp³-hybridized carbons (Fsp3) is 0.474. The number of hydrogen-bond acceptors (Lipinski definition) is 4. The molecule has 1 aliphatic rings. The monoisotopic (exact) mass is 342 g/mol. The number of carbonyl (C=O) groups excluding carboxylic acids is 1. The van der Waals surface area contributed by atoms with Crippen molar-refractivity contribution >= 4 is 5.91 Å². The minimum Gasteiger partial charge on any atom is -0.497 e. The van der Waals surface area contributed by atoms with Crippen LogP contribution < -0.4 is 10.1 Å². The number of rotatable bonds is 7. The number of likely N-dealkylation sites (tertiary alicyclic amines) is 1. The van der Waals surface area contributed by atoms with E-state index in [0.717, 1.165) is 18.8 Å². The Morgan fingerprint density at radius 1 is 1.32 bits per heavy atom. The molecule has 3 rings (SSSR count). The second kappa shape index (κ2) is 8.16. The van der Waals surface area contributed by atoms with Gasteiger partial charge in [0.25, 0.3) is 0 Å². The van der Waals surface area contributed by atoms with Crippen molar-refractivity contribution in [2.24, 2.45) is 0 Å². The van der Waals surface area contributed by atoms with Crippen LogP contribution in [0.3, 0.4) is 0 Å². The maximum absolute atomic E-state index is 12.5. The van der Waals surface area contributed by atoms with E-state index in [-0.39, 0.29) is 18.0 Å². The van der Waals surface area contributed by atoms with Crippen LogP contribution in [0.4, 0.5) is 0 Å². The Balaban J connectivity index is 1.70. The van der Waals surface area contributed by atoms with Gasteiger partial charge in [-0.15, -0.1) is 0 Å². The van der Waals surface area contributed by atoms with Gasteiger partial charge in [-0.25, -0.2) is 0 Å². The van der Waals surface area contributed by atoms with Crippen molar-refractivity contribution in [1.82, 2.24) is 20.0 Å². The molecule has 0 saturated carbocycles. The molecule has 6 nitrogen and oxygen atoms in total. The smallest absolute Gasteiger partial charge is 0.244 e. The van der Waals surface area contributed by atoms with Crippen LogP contribution in [0.1, 0.15) is 37.4 Å². The first kappa shape index (κ1) is 17.5. The Bertz CT molecular complexity index is 680. The van der Waals surface area contributed by atoms with Gasteiger partial charge in [0.15, 0.2) is 0 Å². The molecule has 6 heteroatoms. The van der Waals surface area contributed by atoms with Crippen molar-refractivity contribution in [3.63, 3.8) is 0 Å². The highest BCUT2D eigenvalue weighted by Crippen LogP contribution is 2.27. The van der Waals surface area contributed by atoms with Crippen molar-refractivity contribution in [3.05, 3.63) is 48.3 Å². The van der Waals surface area contributed by atoms with Gasteiger partial charge in [-0.3, -0.25) is 14.4 Å². The Labute approximate surface area is 148 Å². The highest BCUT2D eigenvalue weighted by molar-refractivity contribution is 5.79. The maximum atomic E-state index is 12.5. The molecule has 2 aromatic rings. The topological polar surface area (TPSA) is 59.4 Å². The first-order chi connectivity index (χ1) is 12.2. The fourth-order valence-electron chi connectivity index (χ4n) is 3.33. The zero-order valence-corrected chi connectivity index (χ0v) is 14.9. The number of benzene rings is 1. The second-order valence-electron chi connectivity index (χ2n) is 6.44. The van der Waals surface area contributed by atoms with Crippen molar-refractivity contribution in [3.8, 4) is 5.75 Å². The third-order valence-corrected chi connectivity index (χ3v) is 4.83. The molecule has 1 aromatic heterocycles. The van der Waals surface area contributed by atoms with Gasteiger partial charge in [0.1, 0.15) is 11.8 Å². The Morgan fingerprint density at radius 3 is 2.80 bits per heavy atom. The molecular formula is C19H26N4O2. The predicted octanol–water partition coefficient (Wildman–Crippen LogP) is 2.41. The molecule has 2 heterocycles.